The minimum atomic E-state index is 0.639. The molecule has 0 amide bonds. The van der Waals surface area contributed by atoms with Gasteiger partial charge in [-0.3, -0.25) is 0 Å². The second-order valence-corrected chi connectivity index (χ2v) is 3.04. The van der Waals surface area contributed by atoms with E-state index in [1.165, 1.54) is 6.33 Å². The number of anilines is 1. The van der Waals surface area contributed by atoms with E-state index in [1.807, 2.05) is 19.1 Å². The van der Waals surface area contributed by atoms with Crippen LogP contribution in [0.4, 0.5) is 5.82 Å². The Morgan fingerprint density at radius 3 is 2.87 bits per heavy atom. The van der Waals surface area contributed by atoms with Gasteiger partial charge in [0.25, 0.3) is 0 Å². The molecule has 0 unspecified atom stereocenters. The fourth-order valence-corrected chi connectivity index (χ4v) is 1.18. The molecule has 2 heterocycles. The molecule has 76 valence electrons. The maximum atomic E-state index is 4.27. The molecule has 0 atom stereocenters. The van der Waals surface area contributed by atoms with Gasteiger partial charge in [0.05, 0.1) is 12.2 Å². The molecule has 0 saturated heterocycles. The lowest BCUT2D eigenvalue weighted by Crippen LogP contribution is -2.04. The molecule has 0 spiro atoms. The van der Waals surface area contributed by atoms with Crippen LogP contribution in [0.2, 0.25) is 0 Å². The maximum absolute atomic E-state index is 4.27. The Morgan fingerprint density at radius 2 is 2.13 bits per heavy atom. The van der Waals surface area contributed by atoms with E-state index in [4.69, 9.17) is 0 Å². The van der Waals surface area contributed by atoms with Crippen molar-refractivity contribution in [1.29, 1.82) is 0 Å². The van der Waals surface area contributed by atoms with Gasteiger partial charge >= 0.3 is 0 Å². The Bertz CT molecular complexity index is 429. The molecule has 15 heavy (non-hydrogen) atoms. The van der Waals surface area contributed by atoms with Crippen molar-refractivity contribution >= 4 is 5.82 Å². The van der Waals surface area contributed by atoms with E-state index in [2.05, 4.69) is 25.3 Å². The van der Waals surface area contributed by atoms with Crippen LogP contribution < -0.4 is 5.32 Å². The Hall–Kier alpha value is -2.04. The number of nitrogens with zero attached hydrogens (tertiary/aromatic N) is 4. The van der Waals surface area contributed by atoms with Gasteiger partial charge in [0.15, 0.2) is 0 Å². The van der Waals surface area contributed by atoms with Crippen LogP contribution in [0.25, 0.3) is 0 Å². The lowest BCUT2D eigenvalue weighted by molar-refractivity contribution is 0.948. The monoisotopic (exact) mass is 201 g/mol. The Kier molecular flexibility index (Phi) is 2.82. The Labute approximate surface area is 87.6 Å². The van der Waals surface area contributed by atoms with Gasteiger partial charge in [-0.15, -0.1) is 0 Å². The molecule has 0 aromatic carbocycles. The molecule has 0 aliphatic carbocycles. The van der Waals surface area contributed by atoms with Crippen LogP contribution in [0, 0.1) is 6.92 Å². The maximum Gasteiger partial charge on any atom is 0.129 e. The molecule has 0 aliphatic heterocycles. The summed E-state index contributed by atoms with van der Waals surface area (Å²) in [5.74, 6) is 1.57. The molecule has 0 saturated carbocycles. The molecule has 2 aromatic heterocycles. The van der Waals surface area contributed by atoms with E-state index in [0.29, 0.717) is 6.54 Å². The van der Waals surface area contributed by atoms with Crippen LogP contribution in [0.1, 0.15) is 11.5 Å². The van der Waals surface area contributed by atoms with Crippen molar-refractivity contribution in [2.24, 2.45) is 0 Å². The van der Waals surface area contributed by atoms with Gasteiger partial charge in [0.2, 0.25) is 0 Å². The fraction of sp³-hybridized carbons (Fsp3) is 0.200. The zero-order chi connectivity index (χ0) is 10.5. The lowest BCUT2D eigenvalue weighted by atomic mass is 10.4. The fourth-order valence-electron chi connectivity index (χ4n) is 1.18. The zero-order valence-electron chi connectivity index (χ0n) is 8.38. The van der Waals surface area contributed by atoms with Crippen LogP contribution >= 0.6 is 0 Å². The summed E-state index contributed by atoms with van der Waals surface area (Å²) in [6.45, 7) is 2.51. The summed E-state index contributed by atoms with van der Waals surface area (Å²) in [7, 11) is 0. The number of hydrogen-bond acceptors (Lipinski definition) is 5. The predicted octanol–water partition coefficient (Wildman–Crippen LogP) is 1.19. The Morgan fingerprint density at radius 1 is 1.20 bits per heavy atom. The molecular formula is C10H11N5. The first kappa shape index (κ1) is 9.51. The Balaban J connectivity index is 1.99. The summed E-state index contributed by atoms with van der Waals surface area (Å²) >= 11 is 0. The van der Waals surface area contributed by atoms with Crippen LogP contribution in [0.3, 0.4) is 0 Å². The summed E-state index contributed by atoms with van der Waals surface area (Å²) in [4.78, 5) is 16.2. The van der Waals surface area contributed by atoms with Crippen molar-refractivity contribution in [3.8, 4) is 0 Å². The molecule has 1 N–H and O–H groups in total. The summed E-state index contributed by atoms with van der Waals surface area (Å²) < 4.78 is 0. The molecule has 2 rings (SSSR count). The first-order chi connectivity index (χ1) is 7.34. The van der Waals surface area contributed by atoms with E-state index in [9.17, 15) is 0 Å². The summed E-state index contributed by atoms with van der Waals surface area (Å²) in [5.41, 5.74) is 0.945. The van der Waals surface area contributed by atoms with Crippen molar-refractivity contribution < 1.29 is 0 Å². The van der Waals surface area contributed by atoms with E-state index >= 15 is 0 Å². The second kappa shape index (κ2) is 4.45. The molecule has 5 heteroatoms. The van der Waals surface area contributed by atoms with Gasteiger partial charge in [-0.25, -0.2) is 19.9 Å². The molecule has 5 nitrogen and oxygen atoms in total. The van der Waals surface area contributed by atoms with E-state index < -0.39 is 0 Å². The van der Waals surface area contributed by atoms with Gasteiger partial charge in [-0.1, -0.05) is 0 Å². The van der Waals surface area contributed by atoms with Crippen molar-refractivity contribution in [2.45, 2.75) is 13.5 Å². The smallest absolute Gasteiger partial charge is 0.129 e. The number of rotatable bonds is 3. The van der Waals surface area contributed by atoms with Gasteiger partial charge in [0.1, 0.15) is 18.0 Å². The molecule has 2 aromatic rings. The van der Waals surface area contributed by atoms with Gasteiger partial charge in [0, 0.05) is 12.4 Å². The van der Waals surface area contributed by atoms with E-state index in [-0.39, 0.29) is 0 Å². The van der Waals surface area contributed by atoms with Crippen molar-refractivity contribution in [3.63, 3.8) is 0 Å². The van der Waals surface area contributed by atoms with Crippen LogP contribution in [0.15, 0.2) is 30.9 Å². The van der Waals surface area contributed by atoms with E-state index in [0.717, 1.165) is 17.3 Å². The van der Waals surface area contributed by atoms with E-state index in [1.54, 1.807) is 12.4 Å². The normalized spacial score (nSPS) is 9.93. The summed E-state index contributed by atoms with van der Waals surface area (Å²) in [6.07, 6.45) is 4.95. The third-order valence-corrected chi connectivity index (χ3v) is 1.87. The third-order valence-electron chi connectivity index (χ3n) is 1.87. The number of aryl methyl sites for hydroxylation is 1. The van der Waals surface area contributed by atoms with Crippen molar-refractivity contribution in [2.75, 3.05) is 5.32 Å². The average Bonchev–Trinajstić information content (AvgIpc) is 2.28. The zero-order valence-corrected chi connectivity index (χ0v) is 8.38. The second-order valence-electron chi connectivity index (χ2n) is 3.04. The van der Waals surface area contributed by atoms with Gasteiger partial charge in [-0.2, -0.15) is 0 Å². The SMILES string of the molecule is Cc1nccc(CNc2ccncn2)n1. The molecular weight excluding hydrogens is 190 g/mol. The highest BCUT2D eigenvalue weighted by molar-refractivity contribution is 5.32. The number of hydrogen-bond donors (Lipinski definition) is 1. The van der Waals surface area contributed by atoms with Crippen LogP contribution in [-0.2, 0) is 6.54 Å². The largest absolute Gasteiger partial charge is 0.364 e. The summed E-state index contributed by atoms with van der Waals surface area (Å²) in [5, 5.41) is 3.15. The highest BCUT2D eigenvalue weighted by Crippen LogP contribution is 2.01. The summed E-state index contributed by atoms with van der Waals surface area (Å²) in [6, 6.07) is 3.69. The highest BCUT2D eigenvalue weighted by Gasteiger charge is 1.96. The van der Waals surface area contributed by atoms with Crippen LogP contribution in [0.5, 0.6) is 0 Å². The minimum Gasteiger partial charge on any atom is -0.364 e. The standard InChI is InChI=1S/C10H11N5/c1-8-12-5-2-9(15-8)6-13-10-3-4-11-7-14-10/h2-5,7H,6H2,1H3,(H,11,13,14). The number of nitrogens with one attached hydrogen (secondary N) is 1. The lowest BCUT2D eigenvalue weighted by Gasteiger charge is -2.04. The predicted molar refractivity (Wildman–Crippen MR) is 56.1 cm³/mol. The van der Waals surface area contributed by atoms with Gasteiger partial charge in [-0.05, 0) is 19.1 Å². The van der Waals surface area contributed by atoms with Crippen molar-refractivity contribution in [1.82, 2.24) is 19.9 Å². The highest BCUT2D eigenvalue weighted by atomic mass is 15.0. The molecule has 0 aliphatic rings. The van der Waals surface area contributed by atoms with Crippen molar-refractivity contribution in [3.05, 3.63) is 42.4 Å². The molecule has 0 radical (unpaired) electrons. The minimum absolute atomic E-state index is 0.639. The third kappa shape index (κ3) is 2.70. The first-order valence-corrected chi connectivity index (χ1v) is 4.63. The first-order valence-electron chi connectivity index (χ1n) is 4.63. The topological polar surface area (TPSA) is 63.6 Å². The number of aromatic nitrogens is 4. The van der Waals surface area contributed by atoms with Crippen LogP contribution in [-0.4, -0.2) is 19.9 Å². The molecule has 0 bridgehead atoms. The van der Waals surface area contributed by atoms with Gasteiger partial charge < -0.3 is 5.32 Å². The molecule has 0 fully saturated rings. The average molecular weight is 201 g/mol. The quantitative estimate of drug-likeness (QED) is 0.808.